The molecular formula is C12H23NO2. The molecule has 0 aromatic rings. The zero-order chi connectivity index (χ0) is 11.3. The maximum atomic E-state index is 9.14. The molecule has 0 spiro atoms. The molecule has 0 saturated carbocycles. The monoisotopic (exact) mass is 213 g/mol. The van der Waals surface area contributed by atoms with Crippen LogP contribution in [0.1, 0.15) is 26.7 Å². The largest absolute Gasteiger partial charge is 0.394 e. The van der Waals surface area contributed by atoms with Crippen molar-refractivity contribution >= 4 is 0 Å². The summed E-state index contributed by atoms with van der Waals surface area (Å²) < 4.78 is 5.75. The molecule has 0 bridgehead atoms. The first-order chi connectivity index (χ1) is 7.07. The van der Waals surface area contributed by atoms with Gasteiger partial charge in [0.2, 0.25) is 0 Å². The normalized spacial score (nSPS) is 26.5. The Balaban J connectivity index is 2.39. The van der Waals surface area contributed by atoms with Gasteiger partial charge in [-0.1, -0.05) is 6.08 Å². The molecule has 1 rings (SSSR count). The Morgan fingerprint density at radius 2 is 2.33 bits per heavy atom. The molecule has 3 heteroatoms. The number of unbranched alkanes of at least 4 members (excludes halogenated alkanes) is 1. The van der Waals surface area contributed by atoms with E-state index < -0.39 is 0 Å². The van der Waals surface area contributed by atoms with Gasteiger partial charge < -0.3 is 9.84 Å². The lowest BCUT2D eigenvalue weighted by atomic mass is 10.0. The molecule has 1 aliphatic heterocycles. The molecule has 88 valence electrons. The van der Waals surface area contributed by atoms with Crippen molar-refractivity contribution in [3.8, 4) is 0 Å². The number of aliphatic hydroxyl groups is 1. The number of morpholine rings is 1. The maximum absolute atomic E-state index is 9.14. The van der Waals surface area contributed by atoms with E-state index in [-0.39, 0.29) is 18.3 Å². The molecule has 0 amide bonds. The highest BCUT2D eigenvalue weighted by Crippen LogP contribution is 2.20. The molecule has 15 heavy (non-hydrogen) atoms. The van der Waals surface area contributed by atoms with Crippen molar-refractivity contribution in [2.75, 3.05) is 26.2 Å². The van der Waals surface area contributed by atoms with E-state index in [1.54, 1.807) is 0 Å². The summed E-state index contributed by atoms with van der Waals surface area (Å²) in [6.45, 7) is 10.8. The van der Waals surface area contributed by atoms with E-state index in [0.29, 0.717) is 0 Å². The smallest absolute Gasteiger partial charge is 0.0940 e. The summed E-state index contributed by atoms with van der Waals surface area (Å²) in [6, 6.07) is 0. The number of hydrogen-bond acceptors (Lipinski definition) is 3. The molecule has 1 N–H and O–H groups in total. The Morgan fingerprint density at radius 1 is 1.60 bits per heavy atom. The first kappa shape index (κ1) is 12.7. The number of ether oxygens (including phenoxy) is 1. The van der Waals surface area contributed by atoms with Gasteiger partial charge in [0, 0.05) is 13.1 Å². The summed E-state index contributed by atoms with van der Waals surface area (Å²) in [5.74, 6) is 0. The molecule has 1 atom stereocenters. The molecule has 1 fully saturated rings. The molecule has 0 aliphatic carbocycles. The number of aliphatic hydroxyl groups excluding tert-OH is 1. The predicted octanol–water partition coefficient (Wildman–Crippen LogP) is 1.42. The van der Waals surface area contributed by atoms with Crippen LogP contribution in [-0.2, 0) is 4.74 Å². The van der Waals surface area contributed by atoms with E-state index in [4.69, 9.17) is 9.84 Å². The van der Waals surface area contributed by atoms with Crippen molar-refractivity contribution in [2.24, 2.45) is 0 Å². The minimum atomic E-state index is -0.139. The zero-order valence-electron chi connectivity index (χ0n) is 9.91. The van der Waals surface area contributed by atoms with Gasteiger partial charge in [0.25, 0.3) is 0 Å². The van der Waals surface area contributed by atoms with Gasteiger partial charge in [-0.25, -0.2) is 0 Å². The highest BCUT2D eigenvalue weighted by molar-refractivity contribution is 4.84. The van der Waals surface area contributed by atoms with Crippen LogP contribution in [0.5, 0.6) is 0 Å². The molecule has 1 saturated heterocycles. The SMILES string of the molecule is C=CCCCN1CC(CO)OC(C)(C)C1. The quantitative estimate of drug-likeness (QED) is 0.554. The third-order valence-corrected chi connectivity index (χ3v) is 2.64. The average Bonchev–Trinajstić information content (AvgIpc) is 2.16. The highest BCUT2D eigenvalue weighted by Gasteiger charge is 2.32. The van der Waals surface area contributed by atoms with Gasteiger partial charge in [0.15, 0.2) is 0 Å². The van der Waals surface area contributed by atoms with Gasteiger partial charge >= 0.3 is 0 Å². The number of rotatable bonds is 5. The zero-order valence-corrected chi connectivity index (χ0v) is 9.91. The first-order valence-electron chi connectivity index (χ1n) is 5.69. The Morgan fingerprint density at radius 3 is 2.93 bits per heavy atom. The maximum Gasteiger partial charge on any atom is 0.0940 e. The van der Waals surface area contributed by atoms with E-state index >= 15 is 0 Å². The fourth-order valence-corrected chi connectivity index (χ4v) is 2.14. The number of nitrogens with zero attached hydrogens (tertiary/aromatic N) is 1. The summed E-state index contributed by atoms with van der Waals surface area (Å²) in [5, 5.41) is 9.14. The van der Waals surface area contributed by atoms with Crippen molar-refractivity contribution in [1.29, 1.82) is 0 Å². The number of allylic oxidation sites excluding steroid dienone is 1. The van der Waals surface area contributed by atoms with Crippen LogP contribution in [-0.4, -0.2) is 48.0 Å². The predicted molar refractivity (Wildman–Crippen MR) is 61.9 cm³/mol. The lowest BCUT2D eigenvalue weighted by Crippen LogP contribution is -2.53. The van der Waals surface area contributed by atoms with Crippen molar-refractivity contribution in [2.45, 2.75) is 38.4 Å². The molecule has 1 aliphatic rings. The first-order valence-corrected chi connectivity index (χ1v) is 5.69. The number of hydrogen-bond donors (Lipinski definition) is 1. The lowest BCUT2D eigenvalue weighted by Gasteiger charge is -2.42. The standard InChI is InChI=1S/C12H23NO2/c1-4-5-6-7-13-8-11(9-14)15-12(2,3)10-13/h4,11,14H,1,5-10H2,2-3H3. The fraction of sp³-hybridized carbons (Fsp3) is 0.833. The Labute approximate surface area is 92.7 Å². The topological polar surface area (TPSA) is 32.7 Å². The van der Waals surface area contributed by atoms with Gasteiger partial charge in [-0.05, 0) is 33.2 Å². The van der Waals surface area contributed by atoms with Crippen molar-refractivity contribution in [1.82, 2.24) is 4.90 Å². The van der Waals surface area contributed by atoms with Gasteiger partial charge in [0.05, 0.1) is 18.3 Å². The fourth-order valence-electron chi connectivity index (χ4n) is 2.14. The lowest BCUT2D eigenvalue weighted by molar-refractivity contribution is -0.148. The molecule has 0 aromatic heterocycles. The molecular weight excluding hydrogens is 190 g/mol. The van der Waals surface area contributed by atoms with Crippen molar-refractivity contribution in [3.05, 3.63) is 12.7 Å². The van der Waals surface area contributed by atoms with Crippen LogP contribution < -0.4 is 0 Å². The third-order valence-electron chi connectivity index (χ3n) is 2.64. The van der Waals surface area contributed by atoms with E-state index in [1.807, 2.05) is 6.08 Å². The molecule has 3 nitrogen and oxygen atoms in total. The van der Waals surface area contributed by atoms with E-state index in [1.165, 1.54) is 0 Å². The van der Waals surface area contributed by atoms with Crippen molar-refractivity contribution < 1.29 is 9.84 Å². The van der Waals surface area contributed by atoms with Crippen LogP contribution in [0, 0.1) is 0 Å². The van der Waals surface area contributed by atoms with Crippen LogP contribution in [0.3, 0.4) is 0 Å². The van der Waals surface area contributed by atoms with Gasteiger partial charge in [-0.2, -0.15) is 0 Å². The second-order valence-corrected chi connectivity index (χ2v) is 4.85. The summed E-state index contributed by atoms with van der Waals surface area (Å²) in [7, 11) is 0. The summed E-state index contributed by atoms with van der Waals surface area (Å²) >= 11 is 0. The Kier molecular flexibility index (Phi) is 4.77. The third kappa shape index (κ3) is 4.33. The van der Waals surface area contributed by atoms with Crippen LogP contribution in [0.15, 0.2) is 12.7 Å². The Hall–Kier alpha value is -0.380. The minimum absolute atomic E-state index is 0.0301. The van der Waals surface area contributed by atoms with Gasteiger partial charge in [0.1, 0.15) is 0 Å². The second kappa shape index (κ2) is 5.64. The van der Waals surface area contributed by atoms with Crippen LogP contribution in [0.4, 0.5) is 0 Å². The highest BCUT2D eigenvalue weighted by atomic mass is 16.5. The van der Waals surface area contributed by atoms with Crippen LogP contribution >= 0.6 is 0 Å². The molecule has 1 unspecified atom stereocenters. The minimum Gasteiger partial charge on any atom is -0.394 e. The van der Waals surface area contributed by atoms with Gasteiger partial charge in [-0.3, -0.25) is 4.90 Å². The van der Waals surface area contributed by atoms with E-state index in [9.17, 15) is 0 Å². The summed E-state index contributed by atoms with van der Waals surface area (Å²) in [6.07, 6.45) is 4.12. The van der Waals surface area contributed by atoms with Crippen LogP contribution in [0.2, 0.25) is 0 Å². The molecule has 1 heterocycles. The molecule has 0 aromatic carbocycles. The summed E-state index contributed by atoms with van der Waals surface area (Å²) in [4.78, 5) is 2.37. The Bertz CT molecular complexity index is 204. The van der Waals surface area contributed by atoms with E-state index in [0.717, 1.165) is 32.5 Å². The second-order valence-electron chi connectivity index (χ2n) is 4.85. The average molecular weight is 213 g/mol. The van der Waals surface area contributed by atoms with Crippen LogP contribution in [0.25, 0.3) is 0 Å². The van der Waals surface area contributed by atoms with Crippen molar-refractivity contribution in [3.63, 3.8) is 0 Å². The molecule has 0 radical (unpaired) electrons. The van der Waals surface area contributed by atoms with Gasteiger partial charge in [-0.15, -0.1) is 6.58 Å². The van der Waals surface area contributed by atoms with E-state index in [2.05, 4.69) is 25.3 Å². The summed E-state index contributed by atoms with van der Waals surface area (Å²) in [5.41, 5.74) is -0.139.